The van der Waals surface area contributed by atoms with Crippen LogP contribution in [0.4, 0.5) is 16.2 Å². The van der Waals surface area contributed by atoms with Crippen LogP contribution in [0, 0.1) is 6.92 Å². The minimum atomic E-state index is -0.431. The molecule has 2 aromatic rings. The number of nitrogens with one attached hydrogen (secondary N) is 1. The maximum atomic E-state index is 13.0. The third-order valence-electron chi connectivity index (χ3n) is 6.61. The SMILES string of the molecule is CCN1c2cc(C)c(/C=C3/SC(=O)N(CC(=O)Nc4ccccc4)C3=O)cc2C(C)CC1(C)C. The van der Waals surface area contributed by atoms with Crippen LogP contribution < -0.4 is 10.2 Å². The molecule has 2 aromatic carbocycles. The van der Waals surface area contributed by atoms with Gasteiger partial charge in [-0.1, -0.05) is 25.1 Å². The zero-order valence-corrected chi connectivity index (χ0v) is 21.2. The van der Waals surface area contributed by atoms with Crippen LogP contribution in [0.25, 0.3) is 6.08 Å². The quantitative estimate of drug-likeness (QED) is 0.553. The van der Waals surface area contributed by atoms with Gasteiger partial charge in [0.25, 0.3) is 11.1 Å². The molecular formula is C27H31N3O3S. The van der Waals surface area contributed by atoms with Crippen LogP contribution in [-0.2, 0) is 9.59 Å². The van der Waals surface area contributed by atoms with Crippen molar-refractivity contribution in [1.29, 1.82) is 0 Å². The highest BCUT2D eigenvalue weighted by atomic mass is 32.2. The zero-order valence-electron chi connectivity index (χ0n) is 20.3. The lowest BCUT2D eigenvalue weighted by Crippen LogP contribution is -2.48. The molecule has 1 fully saturated rings. The predicted octanol–water partition coefficient (Wildman–Crippen LogP) is 5.78. The Bertz CT molecular complexity index is 1170. The molecule has 2 aliphatic heterocycles. The first kappa shape index (κ1) is 24.1. The van der Waals surface area contributed by atoms with Crippen molar-refractivity contribution >= 4 is 46.3 Å². The number of anilines is 2. The maximum Gasteiger partial charge on any atom is 0.294 e. The van der Waals surface area contributed by atoms with Crippen LogP contribution in [0.2, 0.25) is 0 Å². The first-order valence-electron chi connectivity index (χ1n) is 11.6. The molecule has 178 valence electrons. The molecule has 0 spiro atoms. The lowest BCUT2D eigenvalue weighted by Gasteiger charge is -2.47. The fourth-order valence-electron chi connectivity index (χ4n) is 5.05. The average Bonchev–Trinajstić information content (AvgIpc) is 3.02. The van der Waals surface area contributed by atoms with Crippen molar-refractivity contribution in [2.24, 2.45) is 0 Å². The molecule has 0 aromatic heterocycles. The summed E-state index contributed by atoms with van der Waals surface area (Å²) < 4.78 is 0. The molecule has 34 heavy (non-hydrogen) atoms. The van der Waals surface area contributed by atoms with Crippen LogP contribution in [0.1, 0.15) is 56.7 Å². The molecule has 2 aliphatic rings. The number of carbonyl (C=O) groups is 3. The standard InChI is InChI=1S/C27H31N3O3S/c1-6-30-22-12-17(2)19(13-21(22)18(3)15-27(30,4)5)14-23-25(32)29(26(33)34-23)16-24(31)28-20-10-8-7-9-11-20/h7-14,18H,6,15-16H2,1-5H3,(H,28,31)/b23-14+. The number of carbonyl (C=O) groups excluding carboxylic acids is 3. The number of para-hydroxylation sites is 1. The Hall–Kier alpha value is -3.06. The molecule has 2 heterocycles. The van der Waals surface area contributed by atoms with Gasteiger partial charge >= 0.3 is 0 Å². The highest BCUT2D eigenvalue weighted by Gasteiger charge is 2.38. The van der Waals surface area contributed by atoms with Gasteiger partial charge in [0.1, 0.15) is 6.54 Å². The number of fused-ring (bicyclic) bond motifs is 1. The van der Waals surface area contributed by atoms with Gasteiger partial charge < -0.3 is 10.2 Å². The topological polar surface area (TPSA) is 69.7 Å². The predicted molar refractivity (Wildman–Crippen MR) is 139 cm³/mol. The summed E-state index contributed by atoms with van der Waals surface area (Å²) >= 11 is 0.885. The Morgan fingerprint density at radius 3 is 2.59 bits per heavy atom. The molecule has 1 saturated heterocycles. The lowest BCUT2D eigenvalue weighted by atomic mass is 9.79. The number of nitrogens with zero attached hydrogens (tertiary/aromatic N) is 2. The molecule has 7 heteroatoms. The Balaban J connectivity index is 1.57. The minimum Gasteiger partial charge on any atom is -0.366 e. The normalized spacial score (nSPS) is 20.6. The Kier molecular flexibility index (Phi) is 6.58. The van der Waals surface area contributed by atoms with Gasteiger partial charge in [-0.2, -0.15) is 0 Å². The second-order valence-corrected chi connectivity index (χ2v) is 10.6. The minimum absolute atomic E-state index is 0.0814. The van der Waals surface area contributed by atoms with E-state index in [1.165, 1.54) is 11.3 Å². The lowest BCUT2D eigenvalue weighted by molar-refractivity contribution is -0.127. The Labute approximate surface area is 205 Å². The van der Waals surface area contributed by atoms with E-state index in [0.29, 0.717) is 16.5 Å². The first-order valence-corrected chi connectivity index (χ1v) is 12.4. The number of imide groups is 1. The molecule has 0 saturated carbocycles. The summed E-state index contributed by atoms with van der Waals surface area (Å²) in [6.07, 6.45) is 2.84. The van der Waals surface area contributed by atoms with E-state index in [4.69, 9.17) is 0 Å². The number of rotatable bonds is 5. The van der Waals surface area contributed by atoms with E-state index in [1.807, 2.05) is 13.0 Å². The second kappa shape index (κ2) is 9.29. The number of hydrogen-bond donors (Lipinski definition) is 1. The van der Waals surface area contributed by atoms with Crippen molar-refractivity contribution in [3.63, 3.8) is 0 Å². The summed E-state index contributed by atoms with van der Waals surface area (Å²) in [5, 5.41) is 2.29. The average molecular weight is 478 g/mol. The Morgan fingerprint density at radius 1 is 1.21 bits per heavy atom. The van der Waals surface area contributed by atoms with E-state index >= 15 is 0 Å². The van der Waals surface area contributed by atoms with Crippen LogP contribution in [0.5, 0.6) is 0 Å². The van der Waals surface area contributed by atoms with Crippen molar-refractivity contribution in [2.45, 2.75) is 52.5 Å². The molecule has 0 aliphatic carbocycles. The van der Waals surface area contributed by atoms with Gasteiger partial charge in [0.2, 0.25) is 5.91 Å². The fourth-order valence-corrected chi connectivity index (χ4v) is 5.88. The molecular weight excluding hydrogens is 446 g/mol. The summed E-state index contributed by atoms with van der Waals surface area (Å²) in [4.78, 5) is 41.7. The van der Waals surface area contributed by atoms with Gasteiger partial charge in [-0.15, -0.1) is 0 Å². The maximum absolute atomic E-state index is 13.0. The van der Waals surface area contributed by atoms with Gasteiger partial charge in [-0.05, 0) is 98.8 Å². The fraction of sp³-hybridized carbons (Fsp3) is 0.370. The smallest absolute Gasteiger partial charge is 0.294 e. The molecule has 4 rings (SSSR count). The van der Waals surface area contributed by atoms with Crippen molar-refractivity contribution in [3.8, 4) is 0 Å². The summed E-state index contributed by atoms with van der Waals surface area (Å²) in [6, 6.07) is 13.3. The summed E-state index contributed by atoms with van der Waals surface area (Å²) in [5.74, 6) is -0.451. The monoisotopic (exact) mass is 477 g/mol. The number of hydrogen-bond acceptors (Lipinski definition) is 5. The molecule has 0 bridgehead atoms. The highest BCUT2D eigenvalue weighted by molar-refractivity contribution is 8.18. The molecule has 1 atom stereocenters. The van der Waals surface area contributed by atoms with Gasteiger partial charge in [0, 0.05) is 23.5 Å². The van der Waals surface area contributed by atoms with Gasteiger partial charge in [0.05, 0.1) is 4.91 Å². The van der Waals surface area contributed by atoms with E-state index in [-0.39, 0.29) is 12.1 Å². The van der Waals surface area contributed by atoms with Gasteiger partial charge in [0.15, 0.2) is 0 Å². The summed E-state index contributed by atoms with van der Waals surface area (Å²) in [5.41, 5.74) is 5.19. The number of amides is 3. The Morgan fingerprint density at radius 2 is 1.91 bits per heavy atom. The van der Waals surface area contributed by atoms with Crippen LogP contribution in [0.3, 0.4) is 0 Å². The molecule has 1 N–H and O–H groups in total. The van der Waals surface area contributed by atoms with E-state index < -0.39 is 17.1 Å². The molecule has 6 nitrogen and oxygen atoms in total. The van der Waals surface area contributed by atoms with Crippen molar-refractivity contribution in [3.05, 3.63) is 64.1 Å². The van der Waals surface area contributed by atoms with E-state index in [2.05, 4.69) is 50.0 Å². The third kappa shape index (κ3) is 4.62. The van der Waals surface area contributed by atoms with Crippen molar-refractivity contribution in [1.82, 2.24) is 4.90 Å². The highest BCUT2D eigenvalue weighted by Crippen LogP contribution is 2.45. The largest absolute Gasteiger partial charge is 0.366 e. The second-order valence-electron chi connectivity index (χ2n) is 9.61. The molecule has 3 amide bonds. The van der Waals surface area contributed by atoms with Crippen molar-refractivity contribution < 1.29 is 14.4 Å². The third-order valence-corrected chi connectivity index (χ3v) is 7.52. The molecule has 1 unspecified atom stereocenters. The van der Waals surface area contributed by atoms with Gasteiger partial charge in [-0.3, -0.25) is 19.3 Å². The van der Waals surface area contributed by atoms with Crippen LogP contribution >= 0.6 is 11.8 Å². The van der Waals surface area contributed by atoms with E-state index in [0.717, 1.165) is 40.8 Å². The van der Waals surface area contributed by atoms with Gasteiger partial charge in [-0.25, -0.2) is 0 Å². The zero-order chi connectivity index (χ0) is 24.6. The molecule has 0 radical (unpaired) electrons. The number of thioether (sulfide) groups is 1. The summed E-state index contributed by atoms with van der Waals surface area (Å²) in [6.45, 7) is 11.6. The number of benzene rings is 2. The first-order chi connectivity index (χ1) is 16.1. The van der Waals surface area contributed by atoms with Crippen LogP contribution in [-0.4, -0.2) is 40.6 Å². The number of aryl methyl sites for hydroxylation is 1. The van der Waals surface area contributed by atoms with E-state index in [9.17, 15) is 14.4 Å². The van der Waals surface area contributed by atoms with E-state index in [1.54, 1.807) is 30.3 Å². The summed E-state index contributed by atoms with van der Waals surface area (Å²) in [7, 11) is 0. The van der Waals surface area contributed by atoms with Crippen molar-refractivity contribution in [2.75, 3.05) is 23.3 Å². The van der Waals surface area contributed by atoms with Crippen LogP contribution in [0.15, 0.2) is 47.4 Å².